The summed E-state index contributed by atoms with van der Waals surface area (Å²) in [6.07, 6.45) is 6.43. The molecule has 7 nitrogen and oxygen atoms in total. The summed E-state index contributed by atoms with van der Waals surface area (Å²) in [7, 11) is 1.69. The molecule has 1 saturated heterocycles. The molecule has 4 fully saturated rings. The molecule has 6 aliphatic rings. The number of allylic oxidation sites excluding steroid dienone is 1. The number of rotatable bonds is 2. The summed E-state index contributed by atoms with van der Waals surface area (Å²) in [5.74, 6) is 0.0626. The molecule has 4 aliphatic carbocycles. The molecule has 2 aliphatic heterocycles. The van der Waals surface area contributed by atoms with E-state index < -0.39 is 29.0 Å². The Bertz CT molecular complexity index is 1060. The van der Waals surface area contributed by atoms with Gasteiger partial charge in [-0.3, -0.25) is 4.79 Å². The molecule has 3 saturated carbocycles. The van der Waals surface area contributed by atoms with Crippen LogP contribution in [0.3, 0.4) is 0 Å². The van der Waals surface area contributed by atoms with Crippen LogP contribution < -0.4 is 0 Å². The molecule has 0 aromatic heterocycles. The number of aliphatic hydroxyl groups excluding tert-OH is 1. The summed E-state index contributed by atoms with van der Waals surface area (Å²) < 4.78 is 18.8. The highest BCUT2D eigenvalue weighted by Crippen LogP contribution is 2.73. The summed E-state index contributed by atoms with van der Waals surface area (Å²) in [6, 6.07) is 0. The van der Waals surface area contributed by atoms with Crippen molar-refractivity contribution in [2.45, 2.75) is 102 Å². The van der Waals surface area contributed by atoms with Crippen molar-refractivity contribution in [2.24, 2.45) is 34.5 Å². The molecular formula is C29H40O7. The molecule has 198 valence electrons. The summed E-state index contributed by atoms with van der Waals surface area (Å²) in [4.78, 5) is 26.0. The number of methoxy groups -OCH3 is 1. The molecule has 7 heteroatoms. The van der Waals surface area contributed by atoms with Crippen LogP contribution in [0.1, 0.15) is 72.6 Å². The highest BCUT2D eigenvalue weighted by atomic mass is 16.7. The van der Waals surface area contributed by atoms with Gasteiger partial charge < -0.3 is 24.4 Å². The van der Waals surface area contributed by atoms with Gasteiger partial charge in [-0.25, -0.2) is 4.79 Å². The van der Waals surface area contributed by atoms with Gasteiger partial charge in [0.25, 0.3) is 0 Å². The second-order valence-electron chi connectivity index (χ2n) is 12.9. The first-order valence-electron chi connectivity index (χ1n) is 13.6. The van der Waals surface area contributed by atoms with Gasteiger partial charge in [0.1, 0.15) is 17.3 Å². The van der Waals surface area contributed by atoms with Crippen LogP contribution in [-0.4, -0.2) is 58.8 Å². The molecule has 11 atom stereocenters. The molecule has 1 spiro atoms. The Morgan fingerprint density at radius 1 is 1.11 bits per heavy atom. The Morgan fingerprint density at radius 3 is 2.56 bits per heavy atom. The minimum atomic E-state index is -1.43. The highest BCUT2D eigenvalue weighted by molar-refractivity contribution is 5.97. The van der Waals surface area contributed by atoms with Crippen LogP contribution in [0.25, 0.3) is 0 Å². The number of aliphatic hydroxyl groups is 2. The average molecular weight is 501 g/mol. The Hall–Kier alpha value is -1.54. The summed E-state index contributed by atoms with van der Waals surface area (Å²) >= 11 is 0. The second kappa shape index (κ2) is 7.75. The first-order chi connectivity index (χ1) is 16.9. The van der Waals surface area contributed by atoms with Crippen LogP contribution in [0.15, 0.2) is 23.3 Å². The fourth-order valence-corrected chi connectivity index (χ4v) is 9.89. The van der Waals surface area contributed by atoms with Crippen LogP contribution in [0, 0.1) is 34.5 Å². The number of carbonyl (C=O) groups excluding carboxylic acids is 2. The van der Waals surface area contributed by atoms with Crippen molar-refractivity contribution in [3.63, 3.8) is 0 Å². The van der Waals surface area contributed by atoms with E-state index in [9.17, 15) is 19.8 Å². The van der Waals surface area contributed by atoms with E-state index in [1.165, 1.54) is 0 Å². The van der Waals surface area contributed by atoms with Crippen LogP contribution in [0.5, 0.6) is 0 Å². The maximum Gasteiger partial charge on any atom is 0.334 e. The monoisotopic (exact) mass is 500 g/mol. The molecule has 0 aromatic rings. The Labute approximate surface area is 213 Å². The van der Waals surface area contributed by atoms with Crippen molar-refractivity contribution in [3.05, 3.63) is 23.3 Å². The topological polar surface area (TPSA) is 102 Å². The zero-order chi connectivity index (χ0) is 25.8. The lowest BCUT2D eigenvalue weighted by Crippen LogP contribution is -2.69. The minimum Gasteiger partial charge on any atom is -0.456 e. The predicted octanol–water partition coefficient (Wildman–Crippen LogP) is 3.47. The smallest absolute Gasteiger partial charge is 0.334 e. The number of ether oxygens (including phenoxy) is 3. The van der Waals surface area contributed by atoms with E-state index in [-0.39, 0.29) is 46.9 Å². The van der Waals surface area contributed by atoms with E-state index in [0.717, 1.165) is 31.3 Å². The van der Waals surface area contributed by atoms with Gasteiger partial charge in [0.15, 0.2) is 12.1 Å². The minimum absolute atomic E-state index is 0.0116. The number of hydrogen-bond donors (Lipinski definition) is 2. The zero-order valence-electron chi connectivity index (χ0n) is 22.1. The lowest BCUT2D eigenvalue weighted by atomic mass is 9.42. The van der Waals surface area contributed by atoms with Crippen molar-refractivity contribution >= 4 is 11.8 Å². The molecule has 0 aromatic carbocycles. The van der Waals surface area contributed by atoms with Gasteiger partial charge in [0.05, 0.1) is 11.5 Å². The van der Waals surface area contributed by atoms with Gasteiger partial charge in [-0.05, 0) is 90.0 Å². The molecule has 6 rings (SSSR count). The standard InChI is InChI=1S/C29H40O7/c1-15-13-23(35-24(32)16(15)2)27(4)20-9-8-19-17-14-22(31)29(33)11-6-7-21(30)26(29,3)18(17)10-12-28(19,20)25(34-5)36-27/h6-7,17-20,22-23,25,31,33H,8-14H2,1-5H3. The summed E-state index contributed by atoms with van der Waals surface area (Å²) in [6.45, 7) is 7.78. The quantitative estimate of drug-likeness (QED) is 0.560. The molecule has 2 N–H and O–H groups in total. The lowest BCUT2D eigenvalue weighted by Gasteiger charge is -2.63. The Morgan fingerprint density at radius 2 is 1.86 bits per heavy atom. The van der Waals surface area contributed by atoms with Gasteiger partial charge in [-0.15, -0.1) is 0 Å². The van der Waals surface area contributed by atoms with E-state index in [1.54, 1.807) is 19.3 Å². The van der Waals surface area contributed by atoms with Gasteiger partial charge in [-0.1, -0.05) is 11.6 Å². The molecular weight excluding hydrogens is 460 g/mol. The van der Waals surface area contributed by atoms with Crippen LogP contribution in [0.2, 0.25) is 0 Å². The highest BCUT2D eigenvalue weighted by Gasteiger charge is 2.76. The molecule has 0 amide bonds. The van der Waals surface area contributed by atoms with E-state index in [4.69, 9.17) is 14.2 Å². The SMILES string of the molecule is COC1OC(C)(C2CC(C)=C(C)C(=O)O2)C2CCC3C4CC(O)C5(O)CC=CC(=O)C5(C)C4CCC132. The van der Waals surface area contributed by atoms with E-state index >= 15 is 0 Å². The van der Waals surface area contributed by atoms with Crippen molar-refractivity contribution in [2.75, 3.05) is 7.11 Å². The first kappa shape index (κ1) is 24.8. The third kappa shape index (κ3) is 2.73. The fourth-order valence-electron chi connectivity index (χ4n) is 9.89. The molecule has 11 unspecified atom stereocenters. The molecule has 36 heavy (non-hydrogen) atoms. The number of ketones is 1. The summed E-state index contributed by atoms with van der Waals surface area (Å²) in [5, 5.41) is 22.9. The van der Waals surface area contributed by atoms with Crippen molar-refractivity contribution < 1.29 is 34.0 Å². The third-order valence-electron chi connectivity index (χ3n) is 12.0. The van der Waals surface area contributed by atoms with Crippen LogP contribution >= 0.6 is 0 Å². The predicted molar refractivity (Wildman–Crippen MR) is 130 cm³/mol. The number of carbonyl (C=O) groups is 2. The largest absolute Gasteiger partial charge is 0.456 e. The summed E-state index contributed by atoms with van der Waals surface area (Å²) in [5.41, 5.74) is -1.67. The number of cyclic esters (lactones) is 1. The zero-order valence-corrected chi connectivity index (χ0v) is 22.1. The number of esters is 1. The van der Waals surface area contributed by atoms with Crippen LogP contribution in [-0.2, 0) is 23.8 Å². The van der Waals surface area contributed by atoms with E-state index in [2.05, 4.69) is 6.92 Å². The van der Waals surface area contributed by atoms with Gasteiger partial charge in [0.2, 0.25) is 0 Å². The average Bonchev–Trinajstić information content (AvgIpc) is 3.35. The second-order valence-corrected chi connectivity index (χ2v) is 12.9. The van der Waals surface area contributed by atoms with E-state index in [1.807, 2.05) is 20.8 Å². The Kier molecular flexibility index (Phi) is 5.33. The Balaban J connectivity index is 1.39. The molecule has 0 bridgehead atoms. The van der Waals surface area contributed by atoms with Crippen LogP contribution in [0.4, 0.5) is 0 Å². The van der Waals surface area contributed by atoms with Crippen molar-refractivity contribution in [3.8, 4) is 0 Å². The number of hydrogen-bond acceptors (Lipinski definition) is 7. The van der Waals surface area contributed by atoms with Crippen molar-refractivity contribution in [1.82, 2.24) is 0 Å². The molecule has 0 radical (unpaired) electrons. The molecule has 2 heterocycles. The number of fused-ring (bicyclic) bond motifs is 4. The van der Waals surface area contributed by atoms with Gasteiger partial charge in [-0.2, -0.15) is 0 Å². The van der Waals surface area contributed by atoms with Gasteiger partial charge >= 0.3 is 5.97 Å². The first-order valence-corrected chi connectivity index (χ1v) is 13.6. The maximum atomic E-state index is 13.3. The van der Waals surface area contributed by atoms with E-state index in [0.29, 0.717) is 24.8 Å². The fraction of sp³-hybridized carbons (Fsp3) is 0.793. The van der Waals surface area contributed by atoms with Crippen molar-refractivity contribution in [1.29, 1.82) is 0 Å². The van der Waals surface area contributed by atoms with Gasteiger partial charge in [0, 0.05) is 30.4 Å². The maximum absolute atomic E-state index is 13.3. The normalized spacial score (nSPS) is 54.0. The third-order valence-corrected chi connectivity index (χ3v) is 12.0. The lowest BCUT2D eigenvalue weighted by molar-refractivity contribution is -0.252.